The number of hydrogen-bond acceptors (Lipinski definition) is 7. The molecule has 1 aromatic heterocycles. The van der Waals surface area contributed by atoms with Crippen molar-refractivity contribution in [3.05, 3.63) is 59.5 Å². The summed E-state index contributed by atoms with van der Waals surface area (Å²) in [7, 11) is 3.89. The van der Waals surface area contributed by atoms with E-state index in [1.807, 2.05) is 72.9 Å². The second kappa shape index (κ2) is 7.98. The molecule has 0 saturated heterocycles. The van der Waals surface area contributed by atoms with E-state index in [9.17, 15) is 0 Å². The van der Waals surface area contributed by atoms with Crippen LogP contribution in [0.15, 0.2) is 64.1 Å². The lowest BCUT2D eigenvalue weighted by molar-refractivity contribution is -0.252. The number of benzene rings is 2. The van der Waals surface area contributed by atoms with Crippen molar-refractivity contribution in [3.63, 3.8) is 0 Å². The maximum absolute atomic E-state index is 8.79. The molecule has 0 aliphatic rings. The van der Waals surface area contributed by atoms with Gasteiger partial charge in [-0.3, -0.25) is 5.26 Å². The minimum Gasteiger partial charge on any atom is -0.378 e. The Morgan fingerprint density at radius 3 is 2.64 bits per heavy atom. The molecular formula is C18H18N4O2S. The van der Waals surface area contributed by atoms with E-state index >= 15 is 0 Å². The normalized spacial score (nSPS) is 11.2. The summed E-state index contributed by atoms with van der Waals surface area (Å²) in [5.41, 5.74) is 4.30. The van der Waals surface area contributed by atoms with Gasteiger partial charge in [-0.25, -0.2) is 9.87 Å². The highest BCUT2D eigenvalue weighted by atomic mass is 32.1. The highest BCUT2D eigenvalue weighted by Gasteiger charge is 2.07. The summed E-state index contributed by atoms with van der Waals surface area (Å²) in [5.74, 6) is 0. The standard InChI is InChI=1S/C18H18N4O2S/c1-22(2)15-8-9-16(14(10-15)11-24-23)20-21-18-19-17(12-25-18)13-6-4-3-5-7-13/h3-10,12,23H,11H2,1-2H3. The van der Waals surface area contributed by atoms with Crippen molar-refractivity contribution < 1.29 is 10.1 Å². The molecule has 0 radical (unpaired) electrons. The maximum Gasteiger partial charge on any atom is 0.230 e. The van der Waals surface area contributed by atoms with Gasteiger partial charge in [0.05, 0.1) is 11.4 Å². The van der Waals surface area contributed by atoms with Gasteiger partial charge in [0.15, 0.2) is 0 Å². The predicted octanol–water partition coefficient (Wildman–Crippen LogP) is 5.28. The molecule has 1 N–H and O–H groups in total. The number of azo groups is 1. The van der Waals surface area contributed by atoms with Crippen LogP contribution in [0, 0.1) is 0 Å². The average molecular weight is 354 g/mol. The van der Waals surface area contributed by atoms with E-state index in [2.05, 4.69) is 20.1 Å². The number of anilines is 1. The summed E-state index contributed by atoms with van der Waals surface area (Å²) < 4.78 is 0. The Kier molecular flexibility index (Phi) is 5.49. The summed E-state index contributed by atoms with van der Waals surface area (Å²) in [4.78, 5) is 10.7. The average Bonchev–Trinajstić information content (AvgIpc) is 3.10. The van der Waals surface area contributed by atoms with Crippen molar-refractivity contribution in [2.45, 2.75) is 6.61 Å². The summed E-state index contributed by atoms with van der Waals surface area (Å²) in [6.07, 6.45) is 0. The molecule has 3 aromatic rings. The van der Waals surface area contributed by atoms with Gasteiger partial charge in [0, 0.05) is 36.3 Å². The molecule has 1 heterocycles. The van der Waals surface area contributed by atoms with Gasteiger partial charge in [-0.1, -0.05) is 30.3 Å². The Morgan fingerprint density at radius 2 is 1.92 bits per heavy atom. The zero-order valence-corrected chi connectivity index (χ0v) is 14.8. The van der Waals surface area contributed by atoms with Gasteiger partial charge in [-0.2, -0.15) is 0 Å². The predicted molar refractivity (Wildman–Crippen MR) is 99.9 cm³/mol. The first-order valence-electron chi connectivity index (χ1n) is 7.66. The molecule has 0 unspecified atom stereocenters. The highest BCUT2D eigenvalue weighted by Crippen LogP contribution is 2.30. The van der Waals surface area contributed by atoms with Crippen LogP contribution >= 0.6 is 11.3 Å². The van der Waals surface area contributed by atoms with Crippen molar-refractivity contribution in [3.8, 4) is 11.3 Å². The lowest BCUT2D eigenvalue weighted by Crippen LogP contribution is -2.08. The van der Waals surface area contributed by atoms with E-state index in [1.165, 1.54) is 11.3 Å². The first-order chi connectivity index (χ1) is 12.2. The van der Waals surface area contributed by atoms with Gasteiger partial charge in [-0.15, -0.1) is 21.6 Å². The number of thiazole rings is 1. The third-order valence-corrected chi connectivity index (χ3v) is 4.33. The number of hydrogen-bond donors (Lipinski definition) is 1. The zero-order valence-electron chi connectivity index (χ0n) is 14.0. The Hall–Kier alpha value is -2.61. The first-order valence-corrected chi connectivity index (χ1v) is 8.54. The van der Waals surface area contributed by atoms with E-state index in [1.54, 1.807) is 0 Å². The molecule has 0 bridgehead atoms. The molecule has 0 aliphatic heterocycles. The van der Waals surface area contributed by atoms with Crippen molar-refractivity contribution >= 4 is 27.8 Å². The van der Waals surface area contributed by atoms with Gasteiger partial charge < -0.3 is 4.90 Å². The molecule has 0 atom stereocenters. The van der Waals surface area contributed by atoms with Crippen molar-refractivity contribution in [2.75, 3.05) is 19.0 Å². The molecule has 3 rings (SSSR count). The SMILES string of the molecule is CN(C)c1ccc(N=Nc2nc(-c3ccccc3)cs2)c(COO)c1. The third-order valence-electron chi connectivity index (χ3n) is 3.60. The van der Waals surface area contributed by atoms with Crippen LogP contribution < -0.4 is 4.90 Å². The Labute approximate surface area is 150 Å². The Morgan fingerprint density at radius 1 is 1.12 bits per heavy atom. The van der Waals surface area contributed by atoms with Crippen LogP contribution in [0.2, 0.25) is 0 Å². The Balaban J connectivity index is 1.83. The van der Waals surface area contributed by atoms with Crippen molar-refractivity contribution in [2.24, 2.45) is 10.2 Å². The summed E-state index contributed by atoms with van der Waals surface area (Å²) in [5, 5.41) is 19.8. The van der Waals surface area contributed by atoms with E-state index in [-0.39, 0.29) is 6.61 Å². The monoisotopic (exact) mass is 354 g/mol. The third kappa shape index (κ3) is 4.27. The molecule has 25 heavy (non-hydrogen) atoms. The van der Waals surface area contributed by atoms with Crippen LogP contribution in [-0.4, -0.2) is 24.3 Å². The molecule has 0 fully saturated rings. The smallest absolute Gasteiger partial charge is 0.230 e. The molecule has 0 aliphatic carbocycles. The van der Waals surface area contributed by atoms with Crippen molar-refractivity contribution in [1.29, 1.82) is 0 Å². The van der Waals surface area contributed by atoms with E-state index < -0.39 is 0 Å². The second-order valence-corrected chi connectivity index (χ2v) is 6.40. The summed E-state index contributed by atoms with van der Waals surface area (Å²) >= 11 is 1.43. The molecular weight excluding hydrogens is 336 g/mol. The fourth-order valence-corrected chi connectivity index (χ4v) is 2.93. The van der Waals surface area contributed by atoms with Crippen LogP contribution in [0.1, 0.15) is 5.56 Å². The highest BCUT2D eigenvalue weighted by molar-refractivity contribution is 7.13. The number of nitrogens with zero attached hydrogens (tertiary/aromatic N) is 4. The summed E-state index contributed by atoms with van der Waals surface area (Å²) in [6, 6.07) is 15.6. The van der Waals surface area contributed by atoms with Crippen molar-refractivity contribution in [1.82, 2.24) is 4.98 Å². The number of aromatic nitrogens is 1. The summed E-state index contributed by atoms with van der Waals surface area (Å²) in [6.45, 7) is 0.0448. The van der Waals surface area contributed by atoms with Crippen LogP contribution in [0.4, 0.5) is 16.5 Å². The Bertz CT molecular complexity index is 863. The van der Waals surface area contributed by atoms with Crippen LogP contribution in [0.5, 0.6) is 0 Å². The van der Waals surface area contributed by atoms with Gasteiger partial charge >= 0.3 is 0 Å². The topological polar surface area (TPSA) is 70.3 Å². The van der Waals surface area contributed by atoms with Crippen LogP contribution in [-0.2, 0) is 11.5 Å². The van der Waals surface area contributed by atoms with Crippen LogP contribution in [0.25, 0.3) is 11.3 Å². The molecule has 0 saturated carbocycles. The van der Waals surface area contributed by atoms with Crippen LogP contribution in [0.3, 0.4) is 0 Å². The lowest BCUT2D eigenvalue weighted by atomic mass is 10.1. The second-order valence-electron chi connectivity index (χ2n) is 5.56. The van der Waals surface area contributed by atoms with Gasteiger partial charge in [0.25, 0.3) is 0 Å². The molecule has 6 nitrogen and oxygen atoms in total. The molecule has 7 heteroatoms. The van der Waals surface area contributed by atoms with E-state index in [4.69, 9.17) is 5.26 Å². The molecule has 2 aromatic carbocycles. The minimum atomic E-state index is 0.0448. The molecule has 0 amide bonds. The minimum absolute atomic E-state index is 0.0448. The van der Waals surface area contributed by atoms with E-state index in [0.29, 0.717) is 10.8 Å². The fraction of sp³-hybridized carbons (Fsp3) is 0.167. The largest absolute Gasteiger partial charge is 0.378 e. The maximum atomic E-state index is 8.79. The van der Waals surface area contributed by atoms with Gasteiger partial charge in [0.1, 0.15) is 6.61 Å². The number of rotatable bonds is 6. The zero-order chi connectivity index (χ0) is 17.6. The van der Waals surface area contributed by atoms with E-state index in [0.717, 1.165) is 22.5 Å². The quantitative estimate of drug-likeness (QED) is 0.371. The fourth-order valence-electron chi connectivity index (χ4n) is 2.28. The molecule has 128 valence electrons. The van der Waals surface area contributed by atoms with Gasteiger partial charge in [-0.05, 0) is 18.2 Å². The lowest BCUT2D eigenvalue weighted by Gasteiger charge is -2.14. The molecule has 0 spiro atoms. The van der Waals surface area contributed by atoms with Gasteiger partial charge in [0.2, 0.25) is 5.13 Å². The first kappa shape index (κ1) is 17.2.